The average Bonchev–Trinajstić information content (AvgIpc) is 3.08. The van der Waals surface area contributed by atoms with Gasteiger partial charge in [0.15, 0.2) is 0 Å². The number of anilines is 2. The summed E-state index contributed by atoms with van der Waals surface area (Å²) in [5, 5.41) is 3.14. The molecule has 2 amide bonds. The van der Waals surface area contributed by atoms with Gasteiger partial charge in [-0.1, -0.05) is 30.3 Å². The summed E-state index contributed by atoms with van der Waals surface area (Å²) in [6.45, 7) is 2.34. The maximum atomic E-state index is 13.7. The molecule has 0 saturated heterocycles. The number of amides is 2. The van der Waals surface area contributed by atoms with Crippen LogP contribution >= 0.6 is 0 Å². The van der Waals surface area contributed by atoms with Gasteiger partial charge in [0, 0.05) is 23.4 Å². The monoisotopic (exact) mass is 444 g/mol. The number of ether oxygens (including phenoxy) is 3. The molecule has 0 unspecified atom stereocenters. The summed E-state index contributed by atoms with van der Waals surface area (Å²) >= 11 is 0. The fourth-order valence-electron chi connectivity index (χ4n) is 3.71. The molecule has 7 nitrogen and oxygen atoms in total. The van der Waals surface area contributed by atoms with Crippen LogP contribution in [0.5, 0.6) is 17.2 Å². The highest BCUT2D eigenvalue weighted by atomic mass is 16.5. The molecular weight excluding hydrogens is 420 g/mol. The molecule has 1 N–H and O–H groups in total. The highest BCUT2D eigenvalue weighted by Crippen LogP contribution is 2.38. The van der Waals surface area contributed by atoms with Gasteiger partial charge >= 0.3 is 0 Å². The number of carbonyl (C=O) groups is 2. The molecule has 3 aromatic rings. The molecule has 0 fully saturated rings. The van der Waals surface area contributed by atoms with Gasteiger partial charge < -0.3 is 19.5 Å². The van der Waals surface area contributed by atoms with Gasteiger partial charge in [0.05, 0.1) is 32.1 Å². The maximum absolute atomic E-state index is 13.7. The van der Waals surface area contributed by atoms with Gasteiger partial charge in [-0.05, 0) is 37.3 Å². The standard InChI is InChI=1S/C26H24N2O5/c1-4-33-20-12-8-10-18(16-20)28-25(29)23(21-13-5-6-14-22(21)32-3)24(26(28)30)27-17-9-7-11-19(15-17)31-2/h5-16,27H,4H2,1-3H3. The Bertz CT molecular complexity index is 1230. The second-order valence-electron chi connectivity index (χ2n) is 7.18. The molecule has 0 radical (unpaired) electrons. The Morgan fingerprint density at radius 2 is 1.58 bits per heavy atom. The van der Waals surface area contributed by atoms with Crippen molar-refractivity contribution in [2.24, 2.45) is 0 Å². The first-order valence-corrected chi connectivity index (χ1v) is 10.5. The summed E-state index contributed by atoms with van der Waals surface area (Å²) in [7, 11) is 3.09. The van der Waals surface area contributed by atoms with E-state index < -0.39 is 11.8 Å². The number of nitrogens with one attached hydrogen (secondary N) is 1. The predicted octanol–water partition coefficient (Wildman–Crippen LogP) is 4.50. The van der Waals surface area contributed by atoms with E-state index in [2.05, 4.69) is 5.32 Å². The minimum atomic E-state index is -0.475. The van der Waals surface area contributed by atoms with Crippen molar-refractivity contribution < 1.29 is 23.8 Å². The van der Waals surface area contributed by atoms with E-state index in [0.717, 1.165) is 4.90 Å². The van der Waals surface area contributed by atoms with Gasteiger partial charge in [-0.3, -0.25) is 9.59 Å². The van der Waals surface area contributed by atoms with Crippen LogP contribution in [0.2, 0.25) is 0 Å². The van der Waals surface area contributed by atoms with Crippen LogP contribution in [0.25, 0.3) is 5.57 Å². The summed E-state index contributed by atoms with van der Waals surface area (Å²) < 4.78 is 16.3. The number of hydrogen-bond acceptors (Lipinski definition) is 6. The molecule has 168 valence electrons. The van der Waals surface area contributed by atoms with Crippen LogP contribution < -0.4 is 24.4 Å². The number of methoxy groups -OCH3 is 2. The number of carbonyl (C=O) groups excluding carboxylic acids is 2. The van der Waals surface area contributed by atoms with E-state index in [4.69, 9.17) is 14.2 Å². The lowest BCUT2D eigenvalue weighted by Crippen LogP contribution is -2.32. The third-order valence-electron chi connectivity index (χ3n) is 5.19. The lowest BCUT2D eigenvalue weighted by molar-refractivity contribution is -0.120. The Hall–Kier alpha value is -4.26. The van der Waals surface area contributed by atoms with Gasteiger partial charge in [-0.2, -0.15) is 0 Å². The first kappa shape index (κ1) is 22.0. The zero-order chi connectivity index (χ0) is 23.4. The molecule has 1 heterocycles. The van der Waals surface area contributed by atoms with Crippen molar-refractivity contribution in [3.63, 3.8) is 0 Å². The number of para-hydroxylation sites is 1. The number of nitrogens with zero attached hydrogens (tertiary/aromatic N) is 1. The van der Waals surface area contributed by atoms with Crippen molar-refractivity contribution >= 4 is 28.8 Å². The van der Waals surface area contributed by atoms with Crippen LogP contribution in [0, 0.1) is 0 Å². The van der Waals surface area contributed by atoms with Gasteiger partial charge in [-0.15, -0.1) is 0 Å². The molecule has 0 atom stereocenters. The van der Waals surface area contributed by atoms with Crippen molar-refractivity contribution in [3.8, 4) is 17.2 Å². The SMILES string of the molecule is CCOc1cccc(N2C(=O)C(Nc3cccc(OC)c3)=C(c3ccccc3OC)C2=O)c1. The fourth-order valence-corrected chi connectivity index (χ4v) is 3.71. The van der Waals surface area contributed by atoms with Crippen LogP contribution in [-0.4, -0.2) is 32.6 Å². The molecule has 7 heteroatoms. The Kier molecular flexibility index (Phi) is 6.31. The quantitative estimate of drug-likeness (QED) is 0.516. The predicted molar refractivity (Wildman–Crippen MR) is 127 cm³/mol. The second-order valence-corrected chi connectivity index (χ2v) is 7.18. The topological polar surface area (TPSA) is 77.1 Å². The molecule has 3 aromatic carbocycles. The van der Waals surface area contributed by atoms with Crippen LogP contribution in [0.15, 0.2) is 78.5 Å². The van der Waals surface area contributed by atoms with Crippen molar-refractivity contribution in [2.75, 3.05) is 31.0 Å². The Morgan fingerprint density at radius 3 is 2.33 bits per heavy atom. The molecule has 0 saturated carbocycles. The van der Waals surface area contributed by atoms with Gasteiger partial charge in [-0.25, -0.2) is 4.90 Å². The van der Waals surface area contributed by atoms with Crippen molar-refractivity contribution in [1.29, 1.82) is 0 Å². The van der Waals surface area contributed by atoms with Crippen molar-refractivity contribution in [2.45, 2.75) is 6.92 Å². The van der Waals surface area contributed by atoms with E-state index in [1.807, 2.05) is 13.0 Å². The molecule has 4 rings (SSSR count). The largest absolute Gasteiger partial charge is 0.497 e. The summed E-state index contributed by atoms with van der Waals surface area (Å²) in [6.07, 6.45) is 0. The fraction of sp³-hybridized carbons (Fsp3) is 0.154. The molecule has 0 spiro atoms. The summed E-state index contributed by atoms with van der Waals surface area (Å²) in [5.41, 5.74) is 1.93. The Labute approximate surface area is 192 Å². The van der Waals surface area contributed by atoms with E-state index in [-0.39, 0.29) is 11.3 Å². The number of imide groups is 1. The normalized spacial score (nSPS) is 13.4. The Morgan fingerprint density at radius 1 is 0.818 bits per heavy atom. The van der Waals surface area contributed by atoms with E-state index in [1.54, 1.807) is 73.8 Å². The molecule has 0 aromatic heterocycles. The highest BCUT2D eigenvalue weighted by molar-refractivity contribution is 6.46. The van der Waals surface area contributed by atoms with Crippen molar-refractivity contribution in [3.05, 3.63) is 84.1 Å². The molecule has 33 heavy (non-hydrogen) atoms. The number of rotatable bonds is 8. The van der Waals surface area contributed by atoms with Crippen LogP contribution in [0.3, 0.4) is 0 Å². The van der Waals surface area contributed by atoms with Crippen molar-refractivity contribution in [1.82, 2.24) is 0 Å². The lowest BCUT2D eigenvalue weighted by Gasteiger charge is -2.17. The maximum Gasteiger partial charge on any atom is 0.282 e. The van der Waals surface area contributed by atoms with E-state index >= 15 is 0 Å². The zero-order valence-electron chi connectivity index (χ0n) is 18.6. The van der Waals surface area contributed by atoms with Gasteiger partial charge in [0.25, 0.3) is 11.8 Å². The van der Waals surface area contributed by atoms with Gasteiger partial charge in [0.1, 0.15) is 22.9 Å². The Balaban J connectivity index is 1.83. The number of benzene rings is 3. The smallest absolute Gasteiger partial charge is 0.282 e. The lowest BCUT2D eigenvalue weighted by atomic mass is 10.0. The van der Waals surface area contributed by atoms with Crippen LogP contribution in [-0.2, 0) is 9.59 Å². The minimum Gasteiger partial charge on any atom is -0.497 e. The average molecular weight is 444 g/mol. The molecule has 0 bridgehead atoms. The summed E-state index contributed by atoms with van der Waals surface area (Å²) in [6, 6.07) is 21.2. The summed E-state index contributed by atoms with van der Waals surface area (Å²) in [4.78, 5) is 28.4. The molecule has 1 aliphatic heterocycles. The van der Waals surface area contributed by atoms with E-state index in [0.29, 0.717) is 40.8 Å². The van der Waals surface area contributed by atoms with Crippen LogP contribution in [0.4, 0.5) is 11.4 Å². The first-order valence-electron chi connectivity index (χ1n) is 10.5. The molecular formula is C26H24N2O5. The minimum absolute atomic E-state index is 0.152. The zero-order valence-corrected chi connectivity index (χ0v) is 18.6. The second kappa shape index (κ2) is 9.48. The third kappa shape index (κ3) is 4.25. The third-order valence-corrected chi connectivity index (χ3v) is 5.19. The summed E-state index contributed by atoms with van der Waals surface area (Å²) in [5.74, 6) is 0.755. The van der Waals surface area contributed by atoms with Gasteiger partial charge in [0.2, 0.25) is 0 Å². The highest BCUT2D eigenvalue weighted by Gasteiger charge is 2.41. The number of hydrogen-bond donors (Lipinski definition) is 1. The molecule has 0 aliphatic carbocycles. The molecule has 1 aliphatic rings. The van der Waals surface area contributed by atoms with Crippen LogP contribution in [0.1, 0.15) is 12.5 Å². The van der Waals surface area contributed by atoms with E-state index in [9.17, 15) is 9.59 Å². The first-order chi connectivity index (χ1) is 16.1. The van der Waals surface area contributed by atoms with E-state index in [1.165, 1.54) is 7.11 Å².